The smallest absolute Gasteiger partial charge is 0.404 e. The van der Waals surface area contributed by atoms with Gasteiger partial charge in [0.1, 0.15) is 17.2 Å². The summed E-state index contributed by atoms with van der Waals surface area (Å²) in [4.78, 5) is -1.70. The summed E-state index contributed by atoms with van der Waals surface area (Å²) in [5, 5.41) is 1.98. The zero-order valence-electron chi connectivity index (χ0n) is 9.55. The predicted octanol–water partition coefficient (Wildman–Crippen LogP) is 5.20. The van der Waals surface area contributed by atoms with Gasteiger partial charge in [-0.15, -0.1) is 0 Å². The Morgan fingerprint density at radius 3 is 2.37 bits per heavy atom. The van der Waals surface area contributed by atoms with Gasteiger partial charge in [0.15, 0.2) is 0 Å². The van der Waals surface area contributed by atoms with E-state index in [1.165, 1.54) is 0 Å². The standard InChI is InChI=1S/C13H9BrClF3O/c14-12(13(16,17)18)7-19-11-6-5-10(15)8-3-1-2-4-9(8)11/h1-6,12H,7H2. The Balaban J connectivity index is 2.25. The second-order valence-electron chi connectivity index (χ2n) is 3.91. The summed E-state index contributed by atoms with van der Waals surface area (Å²) >= 11 is 8.58. The second kappa shape index (κ2) is 5.59. The Bertz CT molecular complexity index is 586. The highest BCUT2D eigenvalue weighted by molar-refractivity contribution is 9.09. The van der Waals surface area contributed by atoms with Gasteiger partial charge in [-0.3, -0.25) is 0 Å². The molecule has 0 radical (unpaired) electrons. The molecule has 0 aliphatic rings. The van der Waals surface area contributed by atoms with E-state index in [-0.39, 0.29) is 0 Å². The minimum atomic E-state index is -4.33. The Kier molecular flexibility index (Phi) is 4.26. The maximum Gasteiger partial charge on any atom is 0.404 e. The number of benzene rings is 2. The molecule has 1 unspecified atom stereocenters. The van der Waals surface area contributed by atoms with Crippen LogP contribution in [0, 0.1) is 0 Å². The molecule has 102 valence electrons. The van der Waals surface area contributed by atoms with Crippen LogP contribution in [0.5, 0.6) is 5.75 Å². The molecule has 6 heteroatoms. The van der Waals surface area contributed by atoms with Crippen LogP contribution in [0.3, 0.4) is 0 Å². The fraction of sp³-hybridized carbons (Fsp3) is 0.231. The first-order valence-corrected chi connectivity index (χ1v) is 6.70. The van der Waals surface area contributed by atoms with E-state index in [2.05, 4.69) is 15.9 Å². The number of rotatable bonds is 3. The van der Waals surface area contributed by atoms with Crippen molar-refractivity contribution in [2.24, 2.45) is 0 Å². The van der Waals surface area contributed by atoms with Crippen molar-refractivity contribution in [1.29, 1.82) is 0 Å². The van der Waals surface area contributed by atoms with Gasteiger partial charge in [0.25, 0.3) is 0 Å². The maximum atomic E-state index is 12.4. The molecule has 2 rings (SSSR count). The van der Waals surface area contributed by atoms with Crippen molar-refractivity contribution in [3.63, 3.8) is 0 Å². The van der Waals surface area contributed by atoms with E-state index in [1.54, 1.807) is 36.4 Å². The highest BCUT2D eigenvalue weighted by Crippen LogP contribution is 2.33. The molecule has 0 heterocycles. The highest BCUT2D eigenvalue weighted by Gasteiger charge is 2.38. The average molecular weight is 354 g/mol. The van der Waals surface area contributed by atoms with E-state index >= 15 is 0 Å². The molecule has 0 aliphatic heterocycles. The molecule has 0 aliphatic carbocycles. The Morgan fingerprint density at radius 1 is 1.11 bits per heavy atom. The van der Waals surface area contributed by atoms with E-state index in [1.807, 2.05) is 0 Å². The molecule has 1 atom stereocenters. The fourth-order valence-corrected chi connectivity index (χ4v) is 1.98. The summed E-state index contributed by atoms with van der Waals surface area (Å²) in [6.07, 6.45) is -4.33. The Labute approximate surface area is 121 Å². The van der Waals surface area contributed by atoms with Crippen molar-refractivity contribution < 1.29 is 17.9 Å². The Morgan fingerprint density at radius 2 is 1.74 bits per heavy atom. The van der Waals surface area contributed by atoms with Crippen LogP contribution in [0.2, 0.25) is 5.02 Å². The topological polar surface area (TPSA) is 9.23 Å². The van der Waals surface area contributed by atoms with Gasteiger partial charge in [-0.1, -0.05) is 51.8 Å². The molecule has 1 nitrogen and oxygen atoms in total. The summed E-state index contributed by atoms with van der Waals surface area (Å²) in [7, 11) is 0. The molecule has 2 aromatic carbocycles. The van der Waals surface area contributed by atoms with E-state index < -0.39 is 17.6 Å². The third-order valence-corrected chi connectivity index (χ3v) is 3.68. The minimum absolute atomic E-state index is 0.383. The van der Waals surface area contributed by atoms with Gasteiger partial charge < -0.3 is 4.74 Å². The fourth-order valence-electron chi connectivity index (χ4n) is 1.62. The summed E-state index contributed by atoms with van der Waals surface area (Å²) in [5.74, 6) is 0.383. The van der Waals surface area contributed by atoms with Crippen LogP contribution < -0.4 is 4.74 Å². The van der Waals surface area contributed by atoms with Crippen LogP contribution in [-0.4, -0.2) is 17.6 Å². The normalized spacial score (nSPS) is 13.5. The summed E-state index contributed by atoms with van der Waals surface area (Å²) in [5.41, 5.74) is 0. The first-order chi connectivity index (χ1) is 8.89. The zero-order chi connectivity index (χ0) is 14.0. The molecule has 0 aromatic heterocycles. The molecule has 0 saturated carbocycles. The van der Waals surface area contributed by atoms with Crippen LogP contribution in [0.1, 0.15) is 0 Å². The third-order valence-electron chi connectivity index (χ3n) is 2.57. The molecule has 0 N–H and O–H groups in total. The van der Waals surface area contributed by atoms with Gasteiger partial charge in [0.05, 0.1) is 0 Å². The zero-order valence-corrected chi connectivity index (χ0v) is 11.9. The lowest BCUT2D eigenvalue weighted by molar-refractivity contribution is -0.132. The van der Waals surface area contributed by atoms with E-state index in [4.69, 9.17) is 16.3 Å². The quantitative estimate of drug-likeness (QED) is 0.689. The van der Waals surface area contributed by atoms with Crippen molar-refractivity contribution in [2.45, 2.75) is 11.0 Å². The second-order valence-corrected chi connectivity index (χ2v) is 5.42. The van der Waals surface area contributed by atoms with E-state index in [0.29, 0.717) is 16.2 Å². The SMILES string of the molecule is FC(F)(F)C(Br)COc1ccc(Cl)c2ccccc12. The van der Waals surface area contributed by atoms with Crippen molar-refractivity contribution in [1.82, 2.24) is 0 Å². The molecule has 19 heavy (non-hydrogen) atoms. The summed E-state index contributed by atoms with van der Waals surface area (Å²) < 4.78 is 42.4. The van der Waals surface area contributed by atoms with Crippen molar-refractivity contribution in [3.8, 4) is 5.75 Å². The number of hydrogen-bond acceptors (Lipinski definition) is 1. The van der Waals surface area contributed by atoms with E-state index in [0.717, 1.165) is 5.39 Å². The molecule has 0 saturated heterocycles. The lowest BCUT2D eigenvalue weighted by Crippen LogP contribution is -2.28. The lowest BCUT2D eigenvalue weighted by Gasteiger charge is -2.16. The number of fused-ring (bicyclic) bond motifs is 1. The van der Waals surface area contributed by atoms with Gasteiger partial charge in [-0.2, -0.15) is 13.2 Å². The largest absolute Gasteiger partial charge is 0.491 e. The van der Waals surface area contributed by atoms with Gasteiger partial charge in [-0.05, 0) is 12.1 Å². The van der Waals surface area contributed by atoms with E-state index in [9.17, 15) is 13.2 Å². The molecule has 0 spiro atoms. The molecular weight excluding hydrogens is 344 g/mol. The molecular formula is C13H9BrClF3O. The third kappa shape index (κ3) is 3.34. The summed E-state index contributed by atoms with van der Waals surface area (Å²) in [6, 6.07) is 10.3. The number of hydrogen-bond donors (Lipinski definition) is 0. The maximum absolute atomic E-state index is 12.4. The van der Waals surface area contributed by atoms with Crippen molar-refractivity contribution in [3.05, 3.63) is 41.4 Å². The molecule has 0 fully saturated rings. The lowest BCUT2D eigenvalue weighted by atomic mass is 10.1. The number of alkyl halides is 4. The van der Waals surface area contributed by atoms with Crippen LogP contribution >= 0.6 is 27.5 Å². The first kappa shape index (κ1) is 14.5. The molecule has 0 bridgehead atoms. The number of ether oxygens (including phenoxy) is 1. The van der Waals surface area contributed by atoms with Crippen LogP contribution in [0.25, 0.3) is 10.8 Å². The predicted molar refractivity (Wildman–Crippen MR) is 73.2 cm³/mol. The average Bonchev–Trinajstić information content (AvgIpc) is 2.37. The monoisotopic (exact) mass is 352 g/mol. The van der Waals surface area contributed by atoms with Gasteiger partial charge in [0, 0.05) is 15.8 Å². The first-order valence-electron chi connectivity index (χ1n) is 5.40. The minimum Gasteiger partial charge on any atom is -0.491 e. The summed E-state index contributed by atoms with van der Waals surface area (Å²) in [6.45, 7) is -0.491. The number of halogens is 5. The van der Waals surface area contributed by atoms with Gasteiger partial charge in [0.2, 0.25) is 0 Å². The van der Waals surface area contributed by atoms with Crippen LogP contribution in [0.4, 0.5) is 13.2 Å². The Hall–Kier alpha value is -0.940. The van der Waals surface area contributed by atoms with Gasteiger partial charge >= 0.3 is 6.18 Å². The van der Waals surface area contributed by atoms with Crippen LogP contribution in [0.15, 0.2) is 36.4 Å². The molecule has 0 amide bonds. The van der Waals surface area contributed by atoms with Gasteiger partial charge in [-0.25, -0.2) is 0 Å². The van der Waals surface area contributed by atoms with Crippen LogP contribution in [-0.2, 0) is 0 Å². The van der Waals surface area contributed by atoms with Crippen molar-refractivity contribution in [2.75, 3.05) is 6.61 Å². The highest BCUT2D eigenvalue weighted by atomic mass is 79.9. The van der Waals surface area contributed by atoms with Crippen molar-refractivity contribution >= 4 is 38.3 Å². The molecule has 2 aromatic rings.